The van der Waals surface area contributed by atoms with Crippen molar-refractivity contribution in [2.45, 2.75) is 46.8 Å². The number of ketones is 1. The van der Waals surface area contributed by atoms with Gasteiger partial charge in [-0.25, -0.2) is 4.79 Å². The fraction of sp³-hybridized carbons (Fsp3) is 0.529. The number of benzene rings is 1. The molecular formula is C17H25NO4. The second-order valence-corrected chi connectivity index (χ2v) is 5.30. The van der Waals surface area contributed by atoms with Gasteiger partial charge in [0.05, 0.1) is 5.56 Å². The summed E-state index contributed by atoms with van der Waals surface area (Å²) in [6.45, 7) is 8.97. The van der Waals surface area contributed by atoms with E-state index in [0.717, 1.165) is 25.9 Å². The first kappa shape index (κ1) is 18.2. The Hall–Kier alpha value is -1.88. The molecule has 0 heterocycles. The maximum absolute atomic E-state index is 12.2. The van der Waals surface area contributed by atoms with Crippen molar-refractivity contribution in [2.75, 3.05) is 13.1 Å². The predicted octanol–water partition coefficient (Wildman–Crippen LogP) is 3.22. The Balaban J connectivity index is 2.88. The van der Waals surface area contributed by atoms with Gasteiger partial charge in [0.1, 0.15) is 11.3 Å². The summed E-state index contributed by atoms with van der Waals surface area (Å²) in [6, 6.07) is 4.51. The Kier molecular flexibility index (Phi) is 7.05. The van der Waals surface area contributed by atoms with E-state index in [1.165, 1.54) is 19.1 Å². The normalized spacial score (nSPS) is 12.2. The van der Waals surface area contributed by atoms with E-state index < -0.39 is 5.97 Å². The van der Waals surface area contributed by atoms with Crippen LogP contribution in [0.3, 0.4) is 0 Å². The summed E-state index contributed by atoms with van der Waals surface area (Å²) in [5.74, 6) is -1.23. The third-order valence-electron chi connectivity index (χ3n) is 3.45. The van der Waals surface area contributed by atoms with Gasteiger partial charge in [-0.2, -0.15) is 0 Å². The fourth-order valence-corrected chi connectivity index (χ4v) is 2.34. The van der Waals surface area contributed by atoms with E-state index in [1.54, 1.807) is 6.07 Å². The number of aromatic hydroxyl groups is 1. The Morgan fingerprint density at radius 3 is 2.23 bits per heavy atom. The zero-order valence-corrected chi connectivity index (χ0v) is 13.8. The number of phenolic OH excluding ortho intramolecular Hbond substituents is 1. The second kappa shape index (κ2) is 8.54. The SMILES string of the molecule is CCCN(CCC)C(C)OC(=O)c1cccc(C(C)=O)c1O. The molecule has 0 aliphatic rings. The molecule has 1 unspecified atom stereocenters. The summed E-state index contributed by atoms with van der Waals surface area (Å²) in [4.78, 5) is 25.7. The van der Waals surface area contributed by atoms with Crippen molar-refractivity contribution < 1.29 is 19.4 Å². The van der Waals surface area contributed by atoms with Crippen molar-refractivity contribution in [3.05, 3.63) is 29.3 Å². The van der Waals surface area contributed by atoms with Crippen LogP contribution in [0, 0.1) is 0 Å². The van der Waals surface area contributed by atoms with Crippen molar-refractivity contribution in [1.29, 1.82) is 0 Å². The lowest BCUT2D eigenvalue weighted by Gasteiger charge is -2.28. The third kappa shape index (κ3) is 4.56. The molecule has 0 radical (unpaired) electrons. The first-order valence-corrected chi connectivity index (χ1v) is 7.70. The van der Waals surface area contributed by atoms with Crippen LogP contribution in [0.5, 0.6) is 5.75 Å². The highest BCUT2D eigenvalue weighted by Crippen LogP contribution is 2.24. The number of rotatable bonds is 8. The minimum atomic E-state index is -0.620. The number of hydrogen-bond acceptors (Lipinski definition) is 5. The largest absolute Gasteiger partial charge is 0.506 e. The zero-order valence-electron chi connectivity index (χ0n) is 13.8. The van der Waals surface area contributed by atoms with Gasteiger partial charge in [-0.05, 0) is 38.8 Å². The Morgan fingerprint density at radius 2 is 1.73 bits per heavy atom. The van der Waals surface area contributed by atoms with Gasteiger partial charge < -0.3 is 9.84 Å². The molecule has 1 rings (SSSR count). The van der Waals surface area contributed by atoms with Crippen LogP contribution in [0.25, 0.3) is 0 Å². The van der Waals surface area contributed by atoms with Crippen LogP contribution in [0.15, 0.2) is 18.2 Å². The maximum atomic E-state index is 12.2. The molecular weight excluding hydrogens is 282 g/mol. The quantitative estimate of drug-likeness (QED) is 0.454. The van der Waals surface area contributed by atoms with Crippen molar-refractivity contribution >= 4 is 11.8 Å². The van der Waals surface area contributed by atoms with Crippen LogP contribution in [0.2, 0.25) is 0 Å². The summed E-state index contributed by atoms with van der Waals surface area (Å²) in [6.07, 6.45) is 1.55. The van der Waals surface area contributed by atoms with Crippen LogP contribution >= 0.6 is 0 Å². The molecule has 0 amide bonds. The number of para-hydroxylation sites is 1. The number of phenols is 1. The molecule has 0 saturated carbocycles. The number of hydrogen-bond donors (Lipinski definition) is 1. The van der Waals surface area contributed by atoms with E-state index in [1.807, 2.05) is 6.92 Å². The van der Waals surface area contributed by atoms with E-state index >= 15 is 0 Å². The van der Waals surface area contributed by atoms with Gasteiger partial charge in [0.25, 0.3) is 0 Å². The van der Waals surface area contributed by atoms with Gasteiger partial charge in [0.2, 0.25) is 0 Å². The van der Waals surface area contributed by atoms with Crippen LogP contribution < -0.4 is 0 Å². The lowest BCUT2D eigenvalue weighted by molar-refractivity contribution is -0.0237. The minimum absolute atomic E-state index is 0.0208. The molecule has 0 spiro atoms. The first-order chi connectivity index (χ1) is 10.4. The molecule has 0 aliphatic carbocycles. The van der Waals surface area contributed by atoms with E-state index in [-0.39, 0.29) is 28.9 Å². The molecule has 0 saturated heterocycles. The zero-order chi connectivity index (χ0) is 16.7. The van der Waals surface area contributed by atoms with Gasteiger partial charge >= 0.3 is 5.97 Å². The topological polar surface area (TPSA) is 66.8 Å². The van der Waals surface area contributed by atoms with Gasteiger partial charge in [-0.1, -0.05) is 19.9 Å². The molecule has 122 valence electrons. The summed E-state index contributed by atoms with van der Waals surface area (Å²) < 4.78 is 5.43. The average molecular weight is 307 g/mol. The standard InChI is InChI=1S/C17H25NO4/c1-5-10-18(11-6-2)13(4)22-17(21)15-9-7-8-14(12(3)19)16(15)20/h7-9,13,20H,5-6,10-11H2,1-4H3. The summed E-state index contributed by atoms with van der Waals surface area (Å²) in [7, 11) is 0. The second-order valence-electron chi connectivity index (χ2n) is 5.30. The monoisotopic (exact) mass is 307 g/mol. The third-order valence-corrected chi connectivity index (χ3v) is 3.45. The molecule has 1 aromatic rings. The van der Waals surface area contributed by atoms with Crippen LogP contribution in [-0.2, 0) is 4.74 Å². The van der Waals surface area contributed by atoms with E-state index in [4.69, 9.17) is 4.74 Å². The number of carbonyl (C=O) groups excluding carboxylic acids is 2. The van der Waals surface area contributed by atoms with Gasteiger partial charge in [-0.3, -0.25) is 9.69 Å². The number of Topliss-reactive ketones (excluding diaryl/α,β-unsaturated/α-hetero) is 1. The first-order valence-electron chi connectivity index (χ1n) is 7.70. The van der Waals surface area contributed by atoms with E-state index in [9.17, 15) is 14.7 Å². The predicted molar refractivity (Wildman–Crippen MR) is 85.1 cm³/mol. The summed E-state index contributed by atoms with van der Waals surface area (Å²) in [5, 5.41) is 10.1. The van der Waals surface area contributed by atoms with Gasteiger partial charge in [0.15, 0.2) is 12.0 Å². The highest BCUT2D eigenvalue weighted by molar-refractivity contribution is 6.02. The lowest BCUT2D eigenvalue weighted by Crippen LogP contribution is -2.37. The number of nitrogens with zero attached hydrogens (tertiary/aromatic N) is 1. The Morgan fingerprint density at radius 1 is 1.18 bits per heavy atom. The Bertz CT molecular complexity index is 521. The van der Waals surface area contributed by atoms with Crippen molar-refractivity contribution in [3.63, 3.8) is 0 Å². The van der Waals surface area contributed by atoms with Crippen LogP contribution in [0.4, 0.5) is 0 Å². The summed E-state index contributed by atoms with van der Waals surface area (Å²) >= 11 is 0. The van der Waals surface area contributed by atoms with Crippen molar-refractivity contribution in [3.8, 4) is 5.75 Å². The molecule has 1 atom stereocenters. The smallest absolute Gasteiger partial charge is 0.343 e. The van der Waals surface area contributed by atoms with Gasteiger partial charge in [0, 0.05) is 13.1 Å². The highest BCUT2D eigenvalue weighted by Gasteiger charge is 2.22. The molecule has 1 N–H and O–H groups in total. The molecule has 5 nitrogen and oxygen atoms in total. The molecule has 5 heteroatoms. The number of carbonyl (C=O) groups is 2. The molecule has 0 aromatic heterocycles. The van der Waals surface area contributed by atoms with Crippen molar-refractivity contribution in [1.82, 2.24) is 4.90 Å². The minimum Gasteiger partial charge on any atom is -0.506 e. The molecule has 0 bridgehead atoms. The average Bonchev–Trinajstić information content (AvgIpc) is 2.46. The number of ether oxygens (including phenoxy) is 1. The molecule has 0 fully saturated rings. The van der Waals surface area contributed by atoms with Crippen LogP contribution in [0.1, 0.15) is 61.3 Å². The van der Waals surface area contributed by atoms with E-state index in [2.05, 4.69) is 18.7 Å². The lowest BCUT2D eigenvalue weighted by atomic mass is 10.1. The maximum Gasteiger partial charge on any atom is 0.343 e. The van der Waals surface area contributed by atoms with Crippen molar-refractivity contribution in [2.24, 2.45) is 0 Å². The fourth-order valence-electron chi connectivity index (χ4n) is 2.34. The van der Waals surface area contributed by atoms with Gasteiger partial charge in [-0.15, -0.1) is 0 Å². The van der Waals surface area contributed by atoms with Crippen LogP contribution in [-0.4, -0.2) is 41.1 Å². The molecule has 22 heavy (non-hydrogen) atoms. The highest BCUT2D eigenvalue weighted by atomic mass is 16.6. The summed E-state index contributed by atoms with van der Waals surface area (Å²) in [5.41, 5.74) is 0.147. The number of esters is 1. The van der Waals surface area contributed by atoms with E-state index in [0.29, 0.717) is 0 Å². The Labute approximate surface area is 131 Å². The molecule has 1 aromatic carbocycles. The molecule has 0 aliphatic heterocycles.